The fourth-order valence-electron chi connectivity index (χ4n) is 2.46. The molecule has 0 saturated heterocycles. The van der Waals surface area contributed by atoms with Gasteiger partial charge in [0, 0.05) is 23.4 Å². The molecule has 2 amide bonds. The van der Waals surface area contributed by atoms with Crippen molar-refractivity contribution < 1.29 is 14.6 Å². The third kappa shape index (κ3) is 4.73. The van der Waals surface area contributed by atoms with E-state index in [1.807, 2.05) is 62.4 Å². The van der Waals surface area contributed by atoms with Crippen molar-refractivity contribution in [1.29, 1.82) is 0 Å². The first kappa shape index (κ1) is 17.8. The summed E-state index contributed by atoms with van der Waals surface area (Å²) in [5, 5.41) is 14.7. The first-order valence-electron chi connectivity index (χ1n) is 7.88. The number of benzene rings is 2. The third-order valence-corrected chi connectivity index (χ3v) is 3.73. The Kier molecular flexibility index (Phi) is 5.82. The van der Waals surface area contributed by atoms with Gasteiger partial charge in [-0.25, -0.2) is 4.79 Å². The molecule has 0 aliphatic carbocycles. The summed E-state index contributed by atoms with van der Waals surface area (Å²) in [6.07, 6.45) is 0.488. The highest BCUT2D eigenvalue weighted by Crippen LogP contribution is 2.30. The van der Waals surface area contributed by atoms with Gasteiger partial charge in [-0.15, -0.1) is 0 Å². The summed E-state index contributed by atoms with van der Waals surface area (Å²) in [7, 11) is 1.64. The maximum absolute atomic E-state index is 12.1. The van der Waals surface area contributed by atoms with Crippen molar-refractivity contribution >= 4 is 11.7 Å². The van der Waals surface area contributed by atoms with Gasteiger partial charge in [-0.2, -0.15) is 0 Å². The Morgan fingerprint density at radius 2 is 1.92 bits per heavy atom. The second-order valence-electron chi connectivity index (χ2n) is 6.22. The van der Waals surface area contributed by atoms with Crippen molar-refractivity contribution in [3.63, 3.8) is 0 Å². The molecule has 0 aliphatic rings. The Morgan fingerprint density at radius 3 is 2.62 bits per heavy atom. The quantitative estimate of drug-likeness (QED) is 0.758. The Hall–Kier alpha value is -2.53. The summed E-state index contributed by atoms with van der Waals surface area (Å²) >= 11 is 0. The Bertz CT molecular complexity index is 699. The number of aliphatic hydroxyl groups excluding tert-OH is 1. The van der Waals surface area contributed by atoms with Gasteiger partial charge in [-0.05, 0) is 44.0 Å². The van der Waals surface area contributed by atoms with Crippen LogP contribution in [0.3, 0.4) is 0 Å². The number of urea groups is 1. The molecule has 0 aromatic heterocycles. The molecule has 128 valence electrons. The molecule has 3 N–H and O–H groups in total. The molecule has 2 aromatic rings. The highest BCUT2D eigenvalue weighted by Gasteiger charge is 2.19. The number of hydrogen-bond acceptors (Lipinski definition) is 3. The number of nitrogens with one attached hydrogen (secondary N) is 2. The van der Waals surface area contributed by atoms with Crippen LogP contribution in [0.2, 0.25) is 0 Å². The lowest BCUT2D eigenvalue weighted by atomic mass is 10.0. The monoisotopic (exact) mass is 328 g/mol. The first-order chi connectivity index (χ1) is 11.4. The molecule has 5 nitrogen and oxygen atoms in total. The number of ether oxygens (including phenoxy) is 1. The van der Waals surface area contributed by atoms with E-state index in [0.29, 0.717) is 12.1 Å². The lowest BCUT2D eigenvalue weighted by molar-refractivity contribution is 0.218. The van der Waals surface area contributed by atoms with Crippen LogP contribution in [0, 0.1) is 0 Å². The van der Waals surface area contributed by atoms with Gasteiger partial charge in [0.1, 0.15) is 5.75 Å². The van der Waals surface area contributed by atoms with E-state index in [1.165, 1.54) is 0 Å². The normalized spacial score (nSPS) is 11.0. The van der Waals surface area contributed by atoms with Crippen molar-refractivity contribution in [2.24, 2.45) is 0 Å². The predicted molar refractivity (Wildman–Crippen MR) is 96.4 cm³/mol. The van der Waals surface area contributed by atoms with Crippen molar-refractivity contribution in [2.45, 2.75) is 25.8 Å². The van der Waals surface area contributed by atoms with Crippen molar-refractivity contribution in [3.05, 3.63) is 48.5 Å². The molecule has 0 atom stereocenters. The van der Waals surface area contributed by atoms with E-state index >= 15 is 0 Å². The average molecular weight is 328 g/mol. The van der Waals surface area contributed by atoms with Crippen LogP contribution < -0.4 is 15.4 Å². The Morgan fingerprint density at radius 1 is 1.17 bits per heavy atom. The zero-order valence-corrected chi connectivity index (χ0v) is 14.3. The zero-order valence-electron chi connectivity index (χ0n) is 14.3. The van der Waals surface area contributed by atoms with Crippen LogP contribution >= 0.6 is 0 Å². The van der Waals surface area contributed by atoms with Gasteiger partial charge in [0.25, 0.3) is 0 Å². The summed E-state index contributed by atoms with van der Waals surface area (Å²) in [5.41, 5.74) is 2.14. The van der Waals surface area contributed by atoms with Crippen molar-refractivity contribution in [3.8, 4) is 16.9 Å². The molecule has 0 bridgehead atoms. The largest absolute Gasteiger partial charge is 0.496 e. The number of rotatable bonds is 6. The van der Waals surface area contributed by atoms with Gasteiger partial charge in [0.2, 0.25) is 0 Å². The molecule has 24 heavy (non-hydrogen) atoms. The van der Waals surface area contributed by atoms with E-state index in [9.17, 15) is 4.79 Å². The van der Waals surface area contributed by atoms with Crippen molar-refractivity contribution in [2.75, 3.05) is 19.0 Å². The molecule has 0 heterocycles. The zero-order chi connectivity index (χ0) is 17.6. The maximum Gasteiger partial charge on any atom is 0.319 e. The van der Waals surface area contributed by atoms with Gasteiger partial charge in [-0.1, -0.05) is 30.3 Å². The van der Waals surface area contributed by atoms with E-state index in [4.69, 9.17) is 9.84 Å². The Labute approximate surface area is 142 Å². The number of carbonyl (C=O) groups excluding carboxylic acids is 1. The number of anilines is 1. The highest BCUT2D eigenvalue weighted by molar-refractivity contribution is 5.90. The van der Waals surface area contributed by atoms with Crippen LogP contribution in [-0.4, -0.2) is 30.4 Å². The molecule has 0 aliphatic heterocycles. The summed E-state index contributed by atoms with van der Waals surface area (Å²) in [5.74, 6) is 0.781. The number of amides is 2. The number of carbonyl (C=O) groups is 1. The van der Waals surface area contributed by atoms with Gasteiger partial charge >= 0.3 is 6.03 Å². The number of aliphatic hydroxyl groups is 1. The van der Waals surface area contributed by atoms with Crippen LogP contribution in [0.5, 0.6) is 5.75 Å². The molecule has 0 spiro atoms. The molecular weight excluding hydrogens is 304 g/mol. The van der Waals surface area contributed by atoms with Crippen LogP contribution in [0.15, 0.2) is 48.5 Å². The summed E-state index contributed by atoms with van der Waals surface area (Å²) in [6, 6.07) is 15.0. The highest BCUT2D eigenvalue weighted by atomic mass is 16.5. The lowest BCUT2D eigenvalue weighted by Crippen LogP contribution is -2.46. The second kappa shape index (κ2) is 7.84. The first-order valence-corrected chi connectivity index (χ1v) is 7.88. The molecule has 2 aromatic carbocycles. The van der Waals surface area contributed by atoms with Crippen LogP contribution in [-0.2, 0) is 0 Å². The Balaban J connectivity index is 2.15. The minimum absolute atomic E-state index is 0.0244. The molecule has 0 radical (unpaired) electrons. The molecule has 5 heteroatoms. The molecule has 2 rings (SSSR count). The van der Waals surface area contributed by atoms with Crippen molar-refractivity contribution in [1.82, 2.24) is 5.32 Å². The minimum Gasteiger partial charge on any atom is -0.496 e. The smallest absolute Gasteiger partial charge is 0.319 e. The predicted octanol–water partition coefficient (Wildman–Crippen LogP) is 3.64. The SMILES string of the molecule is COc1ccccc1-c1cccc(NC(=O)NC(C)(C)CCO)c1. The van der Waals surface area contributed by atoms with Crippen LogP contribution in [0.4, 0.5) is 10.5 Å². The van der Waals surface area contributed by atoms with Gasteiger partial charge in [0.15, 0.2) is 0 Å². The van der Waals surface area contributed by atoms with Gasteiger partial charge in [0.05, 0.1) is 7.11 Å². The van der Waals surface area contributed by atoms with Gasteiger partial charge in [-0.3, -0.25) is 0 Å². The fraction of sp³-hybridized carbons (Fsp3) is 0.316. The van der Waals surface area contributed by atoms with Gasteiger partial charge < -0.3 is 20.5 Å². The molecule has 0 unspecified atom stereocenters. The van der Waals surface area contributed by atoms with Crippen LogP contribution in [0.25, 0.3) is 11.1 Å². The minimum atomic E-state index is -0.473. The van der Waals surface area contributed by atoms with E-state index in [2.05, 4.69) is 10.6 Å². The van der Waals surface area contributed by atoms with Crippen LogP contribution in [0.1, 0.15) is 20.3 Å². The van der Waals surface area contributed by atoms with E-state index in [1.54, 1.807) is 7.11 Å². The van der Waals surface area contributed by atoms with E-state index in [0.717, 1.165) is 16.9 Å². The average Bonchev–Trinajstić information content (AvgIpc) is 2.54. The maximum atomic E-state index is 12.1. The second-order valence-corrected chi connectivity index (χ2v) is 6.22. The summed E-state index contributed by atoms with van der Waals surface area (Å²) in [4.78, 5) is 12.1. The van der Waals surface area contributed by atoms with E-state index < -0.39 is 5.54 Å². The van der Waals surface area contributed by atoms with E-state index in [-0.39, 0.29) is 12.6 Å². The molecule has 0 fully saturated rings. The summed E-state index contributed by atoms with van der Waals surface area (Å²) < 4.78 is 5.39. The number of para-hydroxylation sites is 1. The topological polar surface area (TPSA) is 70.6 Å². The lowest BCUT2D eigenvalue weighted by Gasteiger charge is -2.25. The third-order valence-electron chi connectivity index (χ3n) is 3.73. The standard InChI is InChI=1S/C19H24N2O3/c1-19(2,11-12-22)21-18(23)20-15-8-6-7-14(13-15)16-9-4-5-10-17(16)24-3/h4-10,13,22H,11-12H2,1-3H3,(H2,20,21,23). The number of methoxy groups -OCH3 is 1. The molecular formula is C19H24N2O3. The summed E-state index contributed by atoms with van der Waals surface area (Å²) in [6.45, 7) is 3.76. The molecule has 0 saturated carbocycles. The number of hydrogen-bond donors (Lipinski definition) is 3. The fourth-order valence-corrected chi connectivity index (χ4v) is 2.46.